The second-order valence-electron chi connectivity index (χ2n) is 15.4. The van der Waals surface area contributed by atoms with Crippen LogP contribution in [0.2, 0.25) is 0 Å². The zero-order chi connectivity index (χ0) is 36.8. The number of benzene rings is 8. The van der Waals surface area contributed by atoms with E-state index >= 15 is 0 Å². The lowest BCUT2D eigenvalue weighted by molar-refractivity contribution is 1.29. The van der Waals surface area contributed by atoms with E-state index < -0.39 is 8.07 Å². The van der Waals surface area contributed by atoms with Gasteiger partial charge in [0.25, 0.3) is 0 Å². The minimum atomic E-state index is -2.91. The molecule has 0 bridgehead atoms. The topological polar surface area (TPSA) is 3.24 Å². The largest absolute Gasteiger partial charge is 0.312 e. The fraction of sp³-hybridized carbons (Fsp3) is 0.0588. The maximum Gasteiger partial charge on any atom is 0.247 e. The number of rotatable bonds is 4. The molecule has 0 saturated carbocycles. The summed E-state index contributed by atoms with van der Waals surface area (Å²) in [6, 6.07) is 67.3. The number of para-hydroxylation sites is 2. The Morgan fingerprint density at radius 2 is 1.09 bits per heavy atom. The van der Waals surface area contributed by atoms with Crippen molar-refractivity contribution in [3.63, 3.8) is 0 Å². The molecule has 9 aromatic rings. The highest BCUT2D eigenvalue weighted by atomic mass is 32.1. The molecule has 1 nitrogen and oxygen atoms in total. The fourth-order valence-corrected chi connectivity index (χ4v) is 16.5. The van der Waals surface area contributed by atoms with Gasteiger partial charge >= 0.3 is 0 Å². The molecule has 0 atom stereocenters. The summed E-state index contributed by atoms with van der Waals surface area (Å²) < 4.78 is 2.67. The molecule has 55 heavy (non-hydrogen) atoms. The minimum absolute atomic E-state index is 0.120. The monoisotopic (exact) mass is 735 g/mol. The molecule has 0 fully saturated rings. The summed E-state index contributed by atoms with van der Waals surface area (Å²) >= 11 is 1.88. The van der Waals surface area contributed by atoms with Gasteiger partial charge in [-0.2, -0.15) is 0 Å². The van der Waals surface area contributed by atoms with Gasteiger partial charge in [-0.05, 0) is 93.9 Å². The molecule has 0 spiro atoms. The number of hydrogen-bond acceptors (Lipinski definition) is 2. The normalized spacial score (nSPS) is 13.8. The van der Waals surface area contributed by atoms with Gasteiger partial charge in [0.1, 0.15) is 0 Å². The Hall–Kier alpha value is -5.94. The molecule has 8 aromatic carbocycles. The van der Waals surface area contributed by atoms with Gasteiger partial charge in [0.15, 0.2) is 8.07 Å². The van der Waals surface area contributed by atoms with Gasteiger partial charge in [0.05, 0.1) is 0 Å². The number of hydrogen-bond donors (Lipinski definition) is 0. The third-order valence-corrected chi connectivity index (χ3v) is 18.3. The first-order valence-electron chi connectivity index (χ1n) is 19.3. The average Bonchev–Trinajstić information content (AvgIpc) is 3.60. The summed E-state index contributed by atoms with van der Waals surface area (Å²) in [5, 5.41) is 8.36. The zero-order valence-corrected chi connectivity index (χ0v) is 33.0. The van der Waals surface area contributed by atoms with Crippen molar-refractivity contribution < 1.29 is 0 Å². The van der Waals surface area contributed by atoms with E-state index in [0.29, 0.717) is 0 Å². The Morgan fingerprint density at radius 3 is 1.85 bits per heavy atom. The van der Waals surface area contributed by atoms with Gasteiger partial charge in [-0.3, -0.25) is 0 Å². The van der Waals surface area contributed by atoms with Gasteiger partial charge in [0.2, 0.25) is 6.71 Å². The van der Waals surface area contributed by atoms with Crippen LogP contribution in [0.25, 0.3) is 31.3 Å². The van der Waals surface area contributed by atoms with Crippen molar-refractivity contribution in [1.29, 1.82) is 0 Å². The highest BCUT2D eigenvalue weighted by Gasteiger charge is 2.52. The molecule has 2 aliphatic rings. The first-order valence-corrected chi connectivity index (χ1v) is 22.1. The van der Waals surface area contributed by atoms with E-state index in [1.807, 2.05) is 11.3 Å². The van der Waals surface area contributed by atoms with Gasteiger partial charge in [-0.1, -0.05) is 168 Å². The summed E-state index contributed by atoms with van der Waals surface area (Å²) in [6.45, 7) is 6.95. The lowest BCUT2D eigenvalue weighted by atomic mass is 9.34. The number of aryl methyl sites for hydroxylation is 3. The molecule has 260 valence electrons. The fourth-order valence-electron chi connectivity index (χ4n) is 10.2. The van der Waals surface area contributed by atoms with Gasteiger partial charge in [0, 0.05) is 37.2 Å². The van der Waals surface area contributed by atoms with Crippen molar-refractivity contribution in [1.82, 2.24) is 0 Å². The van der Waals surface area contributed by atoms with Gasteiger partial charge < -0.3 is 4.90 Å². The number of anilines is 3. The van der Waals surface area contributed by atoms with Crippen molar-refractivity contribution in [3.8, 4) is 11.1 Å². The molecule has 0 amide bonds. The average molecular weight is 736 g/mol. The molecular weight excluding hydrogens is 698 g/mol. The van der Waals surface area contributed by atoms with Crippen LogP contribution in [-0.2, 0) is 0 Å². The summed E-state index contributed by atoms with van der Waals surface area (Å²) in [5.41, 5.74) is 14.6. The molecule has 2 aliphatic heterocycles. The molecule has 0 aliphatic carbocycles. The number of thiophene rings is 1. The highest BCUT2D eigenvalue weighted by molar-refractivity contribution is 7.25. The Morgan fingerprint density at radius 1 is 0.473 bits per heavy atom. The van der Waals surface area contributed by atoms with Crippen LogP contribution >= 0.6 is 11.3 Å². The molecule has 0 unspecified atom stereocenters. The number of nitrogens with zero attached hydrogens (tertiary/aromatic N) is 1. The Bertz CT molecular complexity index is 2920. The van der Waals surface area contributed by atoms with E-state index in [4.69, 9.17) is 0 Å². The van der Waals surface area contributed by atoms with Gasteiger partial charge in [-0.25, -0.2) is 0 Å². The van der Waals surface area contributed by atoms with E-state index in [2.05, 4.69) is 202 Å². The van der Waals surface area contributed by atoms with E-state index in [1.54, 1.807) is 0 Å². The minimum Gasteiger partial charge on any atom is -0.312 e. The molecule has 1 aromatic heterocycles. The van der Waals surface area contributed by atoms with E-state index in [-0.39, 0.29) is 6.71 Å². The van der Waals surface area contributed by atoms with Crippen LogP contribution in [0.3, 0.4) is 0 Å². The lowest BCUT2D eigenvalue weighted by Gasteiger charge is -2.49. The summed E-state index contributed by atoms with van der Waals surface area (Å²) in [7, 11) is -2.91. The van der Waals surface area contributed by atoms with Crippen LogP contribution in [0.4, 0.5) is 17.1 Å². The van der Waals surface area contributed by atoms with E-state index in [0.717, 1.165) is 0 Å². The lowest BCUT2D eigenvalue weighted by Crippen LogP contribution is -2.78. The van der Waals surface area contributed by atoms with Gasteiger partial charge in [-0.15, -0.1) is 11.3 Å². The van der Waals surface area contributed by atoms with Crippen molar-refractivity contribution in [3.05, 3.63) is 193 Å². The predicted molar refractivity (Wildman–Crippen MR) is 242 cm³/mol. The molecular formula is C51H38BNSSi. The van der Waals surface area contributed by atoms with Crippen molar-refractivity contribution in [2.75, 3.05) is 4.90 Å². The zero-order valence-electron chi connectivity index (χ0n) is 31.2. The number of fused-ring (bicyclic) bond motifs is 7. The third kappa shape index (κ3) is 4.65. The Kier molecular flexibility index (Phi) is 7.26. The van der Waals surface area contributed by atoms with Crippen molar-refractivity contribution in [2.45, 2.75) is 20.8 Å². The quantitative estimate of drug-likeness (QED) is 0.164. The Labute approximate surface area is 328 Å². The maximum absolute atomic E-state index is 2.91. The maximum atomic E-state index is 2.63. The SMILES string of the molecule is Cc1cc(C)c(B2c3ccccc3N3c4ccc(-c5ccc6sc7ccccc7c6c5)cc4[Si](c4ccccc4)(c4ccccc4)c4cccc2c43)c(C)c1. The Balaban J connectivity index is 1.26. The molecule has 3 heterocycles. The molecule has 0 saturated heterocycles. The van der Waals surface area contributed by atoms with Crippen molar-refractivity contribution in [2.24, 2.45) is 0 Å². The van der Waals surface area contributed by atoms with E-state index in [9.17, 15) is 0 Å². The molecule has 11 rings (SSSR count). The van der Waals surface area contributed by atoms with Crippen LogP contribution in [-0.4, -0.2) is 14.8 Å². The molecule has 0 N–H and O–H groups in total. The standard InChI is InChI=1S/C51H38BNSSi/c1-33-29-34(2)50(35(3)30-33)52-42-20-11-12-22-44(42)53-45-27-25-37(36-26-28-47-41(31-36)40-19-10-13-23-46(40)54-47)32-49(45)55(38-15-6-4-7-16-38,39-17-8-5-9-18-39)48-24-14-21-43(52)51(48)53/h4-32H,1-3H3. The van der Waals surface area contributed by atoms with Crippen molar-refractivity contribution >= 4 is 100 Å². The van der Waals surface area contributed by atoms with Crippen LogP contribution in [0.15, 0.2) is 176 Å². The van der Waals surface area contributed by atoms with Crippen LogP contribution in [0.1, 0.15) is 16.7 Å². The highest BCUT2D eigenvalue weighted by Crippen LogP contribution is 2.42. The first-order chi connectivity index (χ1) is 27.0. The smallest absolute Gasteiger partial charge is 0.247 e. The van der Waals surface area contributed by atoms with E-state index in [1.165, 1.54) is 102 Å². The van der Waals surface area contributed by atoms with Crippen LogP contribution in [0.5, 0.6) is 0 Å². The molecule has 0 radical (unpaired) electrons. The predicted octanol–water partition coefficient (Wildman–Crippen LogP) is 8.64. The summed E-state index contributed by atoms with van der Waals surface area (Å²) in [5.74, 6) is 0. The third-order valence-electron chi connectivity index (χ3n) is 12.3. The van der Waals surface area contributed by atoms with Crippen LogP contribution in [0, 0.1) is 20.8 Å². The first kappa shape index (κ1) is 32.5. The molecule has 4 heteroatoms. The second kappa shape index (κ2) is 12.3. The second-order valence-corrected chi connectivity index (χ2v) is 20.2. The summed E-state index contributed by atoms with van der Waals surface area (Å²) in [4.78, 5) is 2.63. The van der Waals surface area contributed by atoms with Crippen LogP contribution < -0.4 is 42.0 Å². The summed E-state index contributed by atoms with van der Waals surface area (Å²) in [6.07, 6.45) is 0.